The molecule has 5 bridgehead atoms. The predicted octanol–water partition coefficient (Wildman–Crippen LogP) is 1.68. The number of rotatable bonds is 1. The number of hydrogen-bond donors (Lipinski definition) is 2. The molecule has 4 saturated heterocycles. The SMILES string of the molecule is C/C=C1/CN2[C@H]3C[C@@]45c6ccccc6NC4[C@@H]2C[C@@H]1C3(C(=O)OC)C5O. The molecule has 1 aliphatic carbocycles. The number of nitrogens with one attached hydrogen (secondary N) is 1. The summed E-state index contributed by atoms with van der Waals surface area (Å²) < 4.78 is 5.34. The number of fused-ring (bicyclic) bond motifs is 2. The summed E-state index contributed by atoms with van der Waals surface area (Å²) in [6, 6.07) is 8.89. The summed E-state index contributed by atoms with van der Waals surface area (Å²) in [4.78, 5) is 15.7. The van der Waals surface area contributed by atoms with E-state index < -0.39 is 16.9 Å². The van der Waals surface area contributed by atoms with E-state index in [4.69, 9.17) is 4.74 Å². The Labute approximate surface area is 153 Å². The molecule has 0 amide bonds. The van der Waals surface area contributed by atoms with Crippen LogP contribution < -0.4 is 5.32 Å². The van der Waals surface area contributed by atoms with Gasteiger partial charge in [-0.3, -0.25) is 9.69 Å². The van der Waals surface area contributed by atoms with Crippen LogP contribution in [0.1, 0.15) is 25.3 Å². The van der Waals surface area contributed by atoms with Crippen molar-refractivity contribution in [1.82, 2.24) is 4.90 Å². The van der Waals surface area contributed by atoms with Gasteiger partial charge in [0.15, 0.2) is 0 Å². The third-order valence-electron chi connectivity index (χ3n) is 8.30. The predicted molar refractivity (Wildman–Crippen MR) is 96.7 cm³/mol. The highest BCUT2D eigenvalue weighted by Gasteiger charge is 2.82. The van der Waals surface area contributed by atoms with Gasteiger partial charge >= 0.3 is 5.97 Å². The number of anilines is 1. The van der Waals surface area contributed by atoms with E-state index in [-0.39, 0.29) is 24.0 Å². The Morgan fingerprint density at radius 2 is 2.23 bits per heavy atom. The molecular weight excluding hydrogens is 328 g/mol. The molecule has 2 N–H and O–H groups in total. The lowest BCUT2D eigenvalue weighted by molar-refractivity contribution is -0.179. The smallest absolute Gasteiger partial charge is 0.316 e. The molecule has 1 saturated carbocycles. The number of hydrogen-bond acceptors (Lipinski definition) is 5. The highest BCUT2D eigenvalue weighted by molar-refractivity contribution is 5.84. The molecule has 1 spiro atoms. The van der Waals surface area contributed by atoms with Gasteiger partial charge in [0.2, 0.25) is 0 Å². The number of benzene rings is 1. The molecule has 5 aliphatic heterocycles. The quantitative estimate of drug-likeness (QED) is 0.595. The number of para-hydroxylation sites is 1. The molecule has 5 fully saturated rings. The lowest BCUT2D eigenvalue weighted by atomic mass is 9.58. The number of nitrogens with zero attached hydrogens (tertiary/aromatic N) is 1. The zero-order valence-corrected chi connectivity index (χ0v) is 15.1. The Kier molecular flexibility index (Phi) is 2.65. The van der Waals surface area contributed by atoms with Gasteiger partial charge in [0.25, 0.3) is 0 Å². The highest BCUT2D eigenvalue weighted by Crippen LogP contribution is 2.71. The number of carbonyl (C=O) groups excluding carboxylic acids is 1. The van der Waals surface area contributed by atoms with E-state index in [1.807, 2.05) is 12.1 Å². The van der Waals surface area contributed by atoms with Gasteiger partial charge in [0.1, 0.15) is 5.41 Å². The van der Waals surface area contributed by atoms with Gasteiger partial charge in [0, 0.05) is 35.6 Å². The summed E-state index contributed by atoms with van der Waals surface area (Å²) in [7, 11) is 1.46. The molecule has 0 aromatic heterocycles. The van der Waals surface area contributed by atoms with Crippen LogP contribution in [-0.4, -0.2) is 53.9 Å². The van der Waals surface area contributed by atoms with Crippen LogP contribution in [0.3, 0.4) is 0 Å². The maximum absolute atomic E-state index is 13.2. The van der Waals surface area contributed by atoms with Crippen molar-refractivity contribution < 1.29 is 14.6 Å². The first kappa shape index (κ1) is 15.2. The molecular formula is C21H24N2O3. The third-order valence-corrected chi connectivity index (χ3v) is 8.30. The van der Waals surface area contributed by atoms with Crippen molar-refractivity contribution in [3.63, 3.8) is 0 Å². The molecule has 4 unspecified atom stereocenters. The number of allylic oxidation sites excluding steroid dienone is 1. The molecule has 5 heteroatoms. The van der Waals surface area contributed by atoms with Gasteiger partial charge in [-0.05, 0) is 31.4 Å². The normalized spacial score (nSPS) is 50.5. The van der Waals surface area contributed by atoms with E-state index >= 15 is 0 Å². The maximum Gasteiger partial charge on any atom is 0.316 e. The van der Waals surface area contributed by atoms with Gasteiger partial charge in [-0.25, -0.2) is 0 Å². The summed E-state index contributed by atoms with van der Waals surface area (Å²) in [5, 5.41) is 15.6. The van der Waals surface area contributed by atoms with Crippen molar-refractivity contribution in [3.8, 4) is 0 Å². The third kappa shape index (κ3) is 1.28. The Morgan fingerprint density at radius 3 is 3.00 bits per heavy atom. The fraction of sp³-hybridized carbons (Fsp3) is 0.571. The number of carbonyl (C=O) groups is 1. The largest absolute Gasteiger partial charge is 0.468 e. The van der Waals surface area contributed by atoms with Crippen molar-refractivity contribution in [2.75, 3.05) is 19.0 Å². The van der Waals surface area contributed by atoms with Gasteiger partial charge < -0.3 is 15.2 Å². The molecule has 5 nitrogen and oxygen atoms in total. The van der Waals surface area contributed by atoms with Crippen LogP contribution in [-0.2, 0) is 14.9 Å². The van der Waals surface area contributed by atoms with Crippen molar-refractivity contribution >= 4 is 11.7 Å². The summed E-state index contributed by atoms with van der Waals surface area (Å²) >= 11 is 0. The van der Waals surface area contributed by atoms with Crippen LogP contribution in [0.5, 0.6) is 0 Å². The Balaban J connectivity index is 1.65. The van der Waals surface area contributed by atoms with E-state index in [1.165, 1.54) is 18.2 Å². The molecule has 6 aliphatic rings. The number of methoxy groups -OCH3 is 1. The Morgan fingerprint density at radius 1 is 1.42 bits per heavy atom. The van der Waals surface area contributed by atoms with Crippen LogP contribution >= 0.6 is 0 Å². The maximum atomic E-state index is 13.2. The average molecular weight is 352 g/mol. The number of aliphatic hydroxyl groups is 1. The standard InChI is InChI=1S/C21H24N2O3/c1-3-11-10-23-15-8-13(11)21(19(25)26-2)16(23)9-20(18(21)24)12-6-4-5-7-14(12)22-17(15)20/h3-7,13,15-18,22,24H,8-10H2,1-2H3/b11-3-/t13-,15-,16-,17?,18?,20+,21?/m0/s1. The molecule has 1 aromatic carbocycles. The van der Waals surface area contributed by atoms with Crippen molar-refractivity contribution in [2.24, 2.45) is 11.3 Å². The van der Waals surface area contributed by atoms with Gasteiger partial charge in [0.05, 0.1) is 19.3 Å². The van der Waals surface area contributed by atoms with E-state index in [9.17, 15) is 9.90 Å². The van der Waals surface area contributed by atoms with E-state index in [2.05, 4.69) is 35.3 Å². The first-order valence-electron chi connectivity index (χ1n) is 9.64. The topological polar surface area (TPSA) is 61.8 Å². The fourth-order valence-electron chi connectivity index (χ4n) is 7.49. The molecule has 136 valence electrons. The zero-order chi connectivity index (χ0) is 17.8. The fourth-order valence-corrected chi connectivity index (χ4v) is 7.49. The van der Waals surface area contributed by atoms with Crippen LogP contribution in [0.4, 0.5) is 5.69 Å². The summed E-state index contributed by atoms with van der Waals surface area (Å²) in [5.74, 6) is -0.154. The summed E-state index contributed by atoms with van der Waals surface area (Å²) in [6.45, 7) is 2.96. The van der Waals surface area contributed by atoms with Crippen molar-refractivity contribution in [2.45, 2.75) is 49.4 Å². The Hall–Kier alpha value is -1.85. The first-order chi connectivity index (χ1) is 12.6. The zero-order valence-electron chi connectivity index (χ0n) is 15.1. The molecule has 26 heavy (non-hydrogen) atoms. The van der Waals surface area contributed by atoms with Crippen LogP contribution in [0, 0.1) is 11.3 Å². The second-order valence-corrected chi connectivity index (χ2v) is 8.65. The van der Waals surface area contributed by atoms with Crippen molar-refractivity contribution in [1.29, 1.82) is 0 Å². The summed E-state index contributed by atoms with van der Waals surface area (Å²) in [6.07, 6.45) is 3.15. The Bertz CT molecular complexity index is 867. The van der Waals surface area contributed by atoms with E-state index in [0.29, 0.717) is 6.04 Å². The second kappa shape index (κ2) is 4.52. The van der Waals surface area contributed by atoms with Crippen LogP contribution in [0.25, 0.3) is 0 Å². The minimum Gasteiger partial charge on any atom is -0.468 e. The monoisotopic (exact) mass is 352 g/mol. The molecule has 8 atom stereocenters. The average Bonchev–Trinajstić information content (AvgIpc) is 3.13. The van der Waals surface area contributed by atoms with Crippen LogP contribution in [0.2, 0.25) is 0 Å². The lowest BCUT2D eigenvalue weighted by Crippen LogP contribution is -2.71. The number of piperidine rings is 4. The number of ether oxygens (including phenoxy) is 1. The van der Waals surface area contributed by atoms with Crippen LogP contribution in [0.15, 0.2) is 35.9 Å². The molecule has 0 radical (unpaired) electrons. The minimum absolute atomic E-state index is 0.0570. The lowest BCUT2D eigenvalue weighted by Gasteiger charge is -2.60. The molecule has 7 rings (SSSR count). The van der Waals surface area contributed by atoms with Gasteiger partial charge in [-0.2, -0.15) is 0 Å². The highest BCUT2D eigenvalue weighted by atomic mass is 16.5. The van der Waals surface area contributed by atoms with Gasteiger partial charge in [-0.1, -0.05) is 29.8 Å². The van der Waals surface area contributed by atoms with E-state index in [0.717, 1.165) is 25.1 Å². The molecule has 5 heterocycles. The second-order valence-electron chi connectivity index (χ2n) is 8.65. The minimum atomic E-state index is -0.848. The van der Waals surface area contributed by atoms with Crippen molar-refractivity contribution in [3.05, 3.63) is 41.5 Å². The molecule has 1 aromatic rings. The first-order valence-corrected chi connectivity index (χ1v) is 9.64. The number of aliphatic hydroxyl groups excluding tert-OH is 1. The van der Waals surface area contributed by atoms with Gasteiger partial charge in [-0.15, -0.1) is 0 Å². The number of esters is 1. The summed E-state index contributed by atoms with van der Waals surface area (Å²) in [5.41, 5.74) is 2.34. The van der Waals surface area contributed by atoms with E-state index in [1.54, 1.807) is 0 Å².